The highest BCUT2D eigenvalue weighted by molar-refractivity contribution is 5.96. The van der Waals surface area contributed by atoms with Crippen molar-refractivity contribution in [2.75, 3.05) is 19.7 Å². The standard InChI is InChI=1S/C35H47FN2O5/c1-2-3-4-5-6-7-8-9-10-18-31(40)38(21-19-25-14-13-15-26(36)23-25)29-24-28(35(42)37-20-22-39)32-27-16-11-12-17-30(27)43-34(32)33(29)41/h11-17,23-24,29,32-34,39,41H,2-10,18-22H2,1H3,(H,37,42). The minimum atomic E-state index is -1.08. The molecule has 0 spiro atoms. The van der Waals surface area contributed by atoms with Gasteiger partial charge in [0.2, 0.25) is 11.8 Å². The molecule has 1 heterocycles. The number of hydrogen-bond donors (Lipinski definition) is 3. The van der Waals surface area contributed by atoms with Gasteiger partial charge in [-0.25, -0.2) is 4.39 Å². The van der Waals surface area contributed by atoms with Crippen LogP contribution in [0.25, 0.3) is 0 Å². The summed E-state index contributed by atoms with van der Waals surface area (Å²) in [6.07, 6.45) is 10.8. The zero-order valence-electron chi connectivity index (χ0n) is 25.3. The fourth-order valence-corrected chi connectivity index (χ4v) is 6.30. The van der Waals surface area contributed by atoms with Crippen LogP contribution in [0.3, 0.4) is 0 Å². The van der Waals surface area contributed by atoms with Gasteiger partial charge in [-0.15, -0.1) is 0 Å². The van der Waals surface area contributed by atoms with Crippen molar-refractivity contribution >= 4 is 11.8 Å². The van der Waals surface area contributed by atoms with Gasteiger partial charge >= 0.3 is 0 Å². The second-order valence-electron chi connectivity index (χ2n) is 11.7. The van der Waals surface area contributed by atoms with Crippen LogP contribution in [0.4, 0.5) is 4.39 Å². The van der Waals surface area contributed by atoms with E-state index in [-0.39, 0.29) is 37.3 Å². The monoisotopic (exact) mass is 594 g/mol. The Morgan fingerprint density at radius 1 is 0.977 bits per heavy atom. The van der Waals surface area contributed by atoms with Crippen LogP contribution >= 0.6 is 0 Å². The maximum atomic E-state index is 13.9. The molecule has 4 unspecified atom stereocenters. The van der Waals surface area contributed by atoms with Crippen molar-refractivity contribution in [1.82, 2.24) is 10.2 Å². The van der Waals surface area contributed by atoms with Gasteiger partial charge in [-0.05, 0) is 42.7 Å². The van der Waals surface area contributed by atoms with E-state index in [1.165, 1.54) is 50.7 Å². The summed E-state index contributed by atoms with van der Waals surface area (Å²) in [5.41, 5.74) is 1.96. The molecule has 0 bridgehead atoms. The summed E-state index contributed by atoms with van der Waals surface area (Å²) in [5.74, 6) is -0.712. The van der Waals surface area contributed by atoms with Gasteiger partial charge < -0.3 is 25.2 Å². The van der Waals surface area contributed by atoms with Crippen LogP contribution in [0.2, 0.25) is 0 Å². The molecule has 0 aromatic heterocycles. The van der Waals surface area contributed by atoms with E-state index in [4.69, 9.17) is 4.74 Å². The highest BCUT2D eigenvalue weighted by Gasteiger charge is 2.50. The number of ether oxygens (including phenoxy) is 1. The molecule has 0 fully saturated rings. The fourth-order valence-electron chi connectivity index (χ4n) is 6.30. The molecule has 43 heavy (non-hydrogen) atoms. The van der Waals surface area contributed by atoms with Gasteiger partial charge in [-0.3, -0.25) is 9.59 Å². The molecule has 4 atom stereocenters. The molecule has 2 aliphatic rings. The molecule has 2 amide bonds. The van der Waals surface area contributed by atoms with Crippen molar-refractivity contribution in [1.29, 1.82) is 0 Å². The topological polar surface area (TPSA) is 99.1 Å². The van der Waals surface area contributed by atoms with Gasteiger partial charge in [0.05, 0.1) is 18.6 Å². The molecular weight excluding hydrogens is 547 g/mol. The Balaban J connectivity index is 1.52. The van der Waals surface area contributed by atoms with Gasteiger partial charge in [-0.2, -0.15) is 0 Å². The average Bonchev–Trinajstić information content (AvgIpc) is 3.40. The fraction of sp³-hybridized carbons (Fsp3) is 0.543. The van der Waals surface area contributed by atoms with Crippen LogP contribution in [0, 0.1) is 5.82 Å². The summed E-state index contributed by atoms with van der Waals surface area (Å²) in [4.78, 5) is 28.8. The van der Waals surface area contributed by atoms with Crippen LogP contribution in [0.15, 0.2) is 60.2 Å². The largest absolute Gasteiger partial charge is 0.486 e. The number of carbonyl (C=O) groups is 2. The van der Waals surface area contributed by atoms with Crippen molar-refractivity contribution in [3.63, 3.8) is 0 Å². The second-order valence-corrected chi connectivity index (χ2v) is 11.7. The number of benzene rings is 2. The molecule has 7 nitrogen and oxygen atoms in total. The summed E-state index contributed by atoms with van der Waals surface area (Å²) < 4.78 is 20.1. The molecule has 2 aromatic rings. The van der Waals surface area contributed by atoms with E-state index in [9.17, 15) is 24.2 Å². The first-order valence-corrected chi connectivity index (χ1v) is 16.0. The van der Waals surface area contributed by atoms with Crippen LogP contribution in [-0.4, -0.2) is 64.9 Å². The third kappa shape index (κ3) is 8.67. The van der Waals surface area contributed by atoms with Gasteiger partial charge in [-0.1, -0.05) is 88.6 Å². The van der Waals surface area contributed by atoms with Crippen molar-refractivity contribution in [2.45, 2.75) is 102 Å². The third-order valence-corrected chi connectivity index (χ3v) is 8.58. The Morgan fingerprint density at radius 2 is 1.70 bits per heavy atom. The molecule has 2 aromatic carbocycles. The van der Waals surface area contributed by atoms with Crippen molar-refractivity contribution in [3.8, 4) is 5.75 Å². The van der Waals surface area contributed by atoms with Gasteiger partial charge in [0.1, 0.15) is 23.8 Å². The predicted molar refractivity (Wildman–Crippen MR) is 165 cm³/mol. The van der Waals surface area contributed by atoms with Crippen LogP contribution in [0.1, 0.15) is 88.2 Å². The Hall–Kier alpha value is -3.23. The first-order valence-electron chi connectivity index (χ1n) is 16.0. The number of fused-ring (bicyclic) bond motifs is 3. The van der Waals surface area contributed by atoms with Crippen molar-refractivity contribution in [2.24, 2.45) is 0 Å². The Labute approximate surface area is 255 Å². The van der Waals surface area contributed by atoms with E-state index in [1.807, 2.05) is 30.3 Å². The maximum Gasteiger partial charge on any atom is 0.247 e. The lowest BCUT2D eigenvalue weighted by molar-refractivity contribution is -0.137. The smallest absolute Gasteiger partial charge is 0.247 e. The molecule has 8 heteroatoms. The average molecular weight is 595 g/mol. The Morgan fingerprint density at radius 3 is 2.42 bits per heavy atom. The van der Waals surface area contributed by atoms with Gasteiger partial charge in [0.15, 0.2) is 0 Å². The number of nitrogens with zero attached hydrogens (tertiary/aromatic N) is 1. The summed E-state index contributed by atoms with van der Waals surface area (Å²) in [7, 11) is 0. The lowest BCUT2D eigenvalue weighted by Crippen LogP contribution is -2.56. The molecule has 0 radical (unpaired) electrons. The van der Waals surface area contributed by atoms with Crippen LogP contribution in [0.5, 0.6) is 5.75 Å². The zero-order chi connectivity index (χ0) is 30.6. The normalized spacial score (nSPS) is 20.5. The first kappa shape index (κ1) is 32.7. The summed E-state index contributed by atoms with van der Waals surface area (Å²) in [5, 5.41) is 23.7. The lowest BCUT2D eigenvalue weighted by atomic mass is 9.77. The van der Waals surface area contributed by atoms with Gasteiger partial charge in [0.25, 0.3) is 0 Å². The lowest BCUT2D eigenvalue weighted by Gasteiger charge is -2.41. The van der Waals surface area contributed by atoms with E-state index in [2.05, 4.69) is 12.2 Å². The van der Waals surface area contributed by atoms with E-state index in [1.54, 1.807) is 17.0 Å². The molecule has 1 aliphatic carbocycles. The highest BCUT2D eigenvalue weighted by Crippen LogP contribution is 2.47. The number of rotatable bonds is 17. The number of carbonyl (C=O) groups excluding carboxylic acids is 2. The summed E-state index contributed by atoms with van der Waals surface area (Å²) in [6.45, 7) is 2.35. The van der Waals surface area contributed by atoms with Crippen molar-refractivity contribution in [3.05, 3.63) is 77.1 Å². The molecule has 3 N–H and O–H groups in total. The summed E-state index contributed by atoms with van der Waals surface area (Å²) in [6, 6.07) is 12.9. The summed E-state index contributed by atoms with van der Waals surface area (Å²) >= 11 is 0. The van der Waals surface area contributed by atoms with Crippen molar-refractivity contribution < 1.29 is 28.9 Å². The number of hydrogen-bond acceptors (Lipinski definition) is 5. The van der Waals surface area contributed by atoms with Crippen LogP contribution < -0.4 is 10.1 Å². The Bertz CT molecular complexity index is 1230. The molecule has 0 saturated heterocycles. The molecule has 0 saturated carbocycles. The van der Waals surface area contributed by atoms with E-state index in [0.717, 1.165) is 30.4 Å². The number of nitrogens with one attached hydrogen (secondary N) is 1. The number of unbranched alkanes of at least 4 members (excludes halogenated alkanes) is 8. The minimum absolute atomic E-state index is 0.0874. The number of aliphatic hydroxyl groups excluding tert-OH is 2. The highest BCUT2D eigenvalue weighted by atomic mass is 19.1. The van der Waals surface area contributed by atoms with E-state index >= 15 is 0 Å². The first-order chi connectivity index (χ1) is 20.9. The van der Waals surface area contributed by atoms with Crippen LogP contribution in [-0.2, 0) is 16.0 Å². The zero-order valence-corrected chi connectivity index (χ0v) is 25.3. The molecule has 1 aliphatic heterocycles. The SMILES string of the molecule is CCCCCCCCCCCC(=O)N(CCc1cccc(F)c1)C1C=C(C(=O)NCCO)C2c3ccccc3OC2C1O. The quantitative estimate of drug-likeness (QED) is 0.212. The number of halogens is 1. The third-order valence-electron chi connectivity index (χ3n) is 8.58. The van der Waals surface area contributed by atoms with Gasteiger partial charge in [0, 0.05) is 30.6 Å². The molecule has 4 rings (SSSR count). The van der Waals surface area contributed by atoms with E-state index < -0.39 is 24.2 Å². The Kier molecular flexibility index (Phi) is 12.6. The number of amides is 2. The second kappa shape index (κ2) is 16.6. The predicted octanol–water partition coefficient (Wildman–Crippen LogP) is 5.44. The minimum Gasteiger partial charge on any atom is -0.486 e. The molecule has 234 valence electrons. The number of para-hydroxylation sites is 1. The maximum absolute atomic E-state index is 13.9. The molecular formula is C35H47FN2O5. The van der Waals surface area contributed by atoms with E-state index in [0.29, 0.717) is 24.2 Å². The number of aliphatic hydroxyl groups is 2.